The number of ether oxygens (including phenoxy) is 1. The largest absolute Gasteiger partial charge is 0.376 e. The number of anilines is 2. The Balaban J connectivity index is 1.17. The van der Waals surface area contributed by atoms with Gasteiger partial charge in [-0.25, -0.2) is 4.98 Å². The molecule has 1 atom stereocenters. The first kappa shape index (κ1) is 25.1. The average molecular weight is 518 g/mol. The van der Waals surface area contributed by atoms with E-state index >= 15 is 0 Å². The zero-order chi connectivity index (χ0) is 25.7. The molecule has 0 spiro atoms. The van der Waals surface area contributed by atoms with Crippen molar-refractivity contribution in [2.24, 2.45) is 5.92 Å². The third kappa shape index (κ3) is 5.77. The highest BCUT2D eigenvalue weighted by atomic mass is 16.5. The minimum atomic E-state index is 0.202. The molecule has 9 heteroatoms. The quantitative estimate of drug-likeness (QED) is 0.457. The highest BCUT2D eigenvalue weighted by Gasteiger charge is 2.26. The topological polar surface area (TPSA) is 88.4 Å². The van der Waals surface area contributed by atoms with Crippen molar-refractivity contribution in [2.75, 3.05) is 49.5 Å². The van der Waals surface area contributed by atoms with Crippen LogP contribution in [0.1, 0.15) is 56.9 Å². The van der Waals surface area contributed by atoms with Gasteiger partial charge in [0, 0.05) is 45.8 Å². The van der Waals surface area contributed by atoms with Crippen molar-refractivity contribution in [3.8, 4) is 0 Å². The van der Waals surface area contributed by atoms with Crippen molar-refractivity contribution in [1.82, 2.24) is 24.4 Å². The first-order chi connectivity index (χ1) is 18.7. The number of fused-ring (bicyclic) bond motifs is 1. The van der Waals surface area contributed by atoms with E-state index in [1.165, 1.54) is 31.2 Å². The van der Waals surface area contributed by atoms with Crippen molar-refractivity contribution >= 4 is 28.8 Å². The number of amides is 1. The molecule has 2 aliphatic heterocycles. The molecule has 202 valence electrons. The van der Waals surface area contributed by atoms with Crippen LogP contribution in [0.4, 0.5) is 11.8 Å². The Labute approximate surface area is 224 Å². The molecule has 2 aromatic heterocycles. The van der Waals surface area contributed by atoms with Crippen LogP contribution in [0.2, 0.25) is 0 Å². The van der Waals surface area contributed by atoms with Gasteiger partial charge < -0.3 is 24.4 Å². The summed E-state index contributed by atoms with van der Waals surface area (Å²) in [5, 5.41) is 3.51. The van der Waals surface area contributed by atoms with Gasteiger partial charge in [-0.15, -0.1) is 0 Å². The zero-order valence-corrected chi connectivity index (χ0v) is 22.2. The molecule has 3 aromatic rings. The summed E-state index contributed by atoms with van der Waals surface area (Å²) in [6, 6.07) is 10.4. The standard InChI is InChI=1S/C29H39N7O2/c37-25(13-12-22-7-4-5-8-22)34-14-16-35(17-15-34)29-32-27(30-19-24-11-6-18-38-24)26-28(33-29)36(21-31-26)20-23-9-2-1-3-10-23/h1-3,9-10,21-22,24H,4-8,11-20H2,(H,30,32,33). The van der Waals surface area contributed by atoms with Crippen molar-refractivity contribution in [1.29, 1.82) is 0 Å². The van der Waals surface area contributed by atoms with Crippen LogP contribution in [-0.4, -0.2) is 75.8 Å². The van der Waals surface area contributed by atoms with Crippen molar-refractivity contribution < 1.29 is 9.53 Å². The van der Waals surface area contributed by atoms with Crippen molar-refractivity contribution in [3.63, 3.8) is 0 Å². The summed E-state index contributed by atoms with van der Waals surface area (Å²) in [5.74, 6) is 2.50. The molecule has 1 aliphatic carbocycles. The van der Waals surface area contributed by atoms with Crippen LogP contribution < -0.4 is 10.2 Å². The molecule has 1 aromatic carbocycles. The highest BCUT2D eigenvalue weighted by Crippen LogP contribution is 2.29. The molecule has 1 saturated carbocycles. The second-order valence-electron chi connectivity index (χ2n) is 11.0. The average Bonchev–Trinajstić information content (AvgIpc) is 3.74. The van der Waals surface area contributed by atoms with Crippen LogP contribution in [0.3, 0.4) is 0 Å². The third-order valence-corrected chi connectivity index (χ3v) is 8.33. The number of benzene rings is 1. The molecule has 0 radical (unpaired) electrons. The van der Waals surface area contributed by atoms with Crippen molar-refractivity contribution in [3.05, 3.63) is 42.2 Å². The lowest BCUT2D eigenvalue weighted by molar-refractivity contribution is -0.131. The van der Waals surface area contributed by atoms with Gasteiger partial charge in [0.1, 0.15) is 0 Å². The van der Waals surface area contributed by atoms with Gasteiger partial charge in [0.15, 0.2) is 17.0 Å². The van der Waals surface area contributed by atoms with Gasteiger partial charge >= 0.3 is 0 Å². The molecule has 4 heterocycles. The summed E-state index contributed by atoms with van der Waals surface area (Å²) in [7, 11) is 0. The molecule has 6 rings (SSSR count). The Bertz CT molecular complexity index is 1210. The molecule has 1 amide bonds. The Morgan fingerprint density at radius 1 is 1.00 bits per heavy atom. The Kier molecular flexibility index (Phi) is 7.71. The minimum absolute atomic E-state index is 0.202. The number of aromatic nitrogens is 4. The lowest BCUT2D eigenvalue weighted by Gasteiger charge is -2.35. The number of imidazole rings is 1. The maximum atomic E-state index is 12.9. The lowest BCUT2D eigenvalue weighted by atomic mass is 10.0. The van der Waals surface area contributed by atoms with Crippen LogP contribution in [0, 0.1) is 5.92 Å². The first-order valence-electron chi connectivity index (χ1n) is 14.4. The number of piperazine rings is 1. The van der Waals surface area contributed by atoms with E-state index in [0.29, 0.717) is 44.5 Å². The lowest BCUT2D eigenvalue weighted by Crippen LogP contribution is -2.49. The Morgan fingerprint density at radius 2 is 1.82 bits per heavy atom. The monoisotopic (exact) mass is 517 g/mol. The molecular formula is C29H39N7O2. The van der Waals surface area contributed by atoms with Gasteiger partial charge in [0.05, 0.1) is 19.0 Å². The Morgan fingerprint density at radius 3 is 2.58 bits per heavy atom. The summed E-state index contributed by atoms with van der Waals surface area (Å²) in [4.78, 5) is 31.7. The van der Waals surface area contributed by atoms with Crippen LogP contribution in [0.15, 0.2) is 36.7 Å². The van der Waals surface area contributed by atoms with E-state index in [9.17, 15) is 4.79 Å². The maximum absolute atomic E-state index is 12.9. The molecule has 0 bridgehead atoms. The van der Waals surface area contributed by atoms with Gasteiger partial charge in [0.2, 0.25) is 11.9 Å². The van der Waals surface area contributed by atoms with E-state index in [4.69, 9.17) is 19.7 Å². The third-order valence-electron chi connectivity index (χ3n) is 8.33. The summed E-state index contributed by atoms with van der Waals surface area (Å²) in [5.41, 5.74) is 2.80. The van der Waals surface area contributed by atoms with E-state index in [0.717, 1.165) is 61.9 Å². The SMILES string of the molecule is O=C(CCC1CCCC1)N1CCN(c2nc(NCC3CCCO3)c3ncn(Cc4ccccc4)c3n2)CC1. The highest BCUT2D eigenvalue weighted by molar-refractivity contribution is 5.84. The molecule has 3 aliphatic rings. The molecule has 2 saturated heterocycles. The molecule has 1 unspecified atom stereocenters. The second-order valence-corrected chi connectivity index (χ2v) is 11.0. The van der Waals surface area contributed by atoms with E-state index in [1.807, 2.05) is 17.3 Å². The smallest absolute Gasteiger partial charge is 0.229 e. The molecular weight excluding hydrogens is 478 g/mol. The minimum Gasteiger partial charge on any atom is -0.376 e. The fraction of sp³-hybridized carbons (Fsp3) is 0.586. The molecule has 38 heavy (non-hydrogen) atoms. The summed E-state index contributed by atoms with van der Waals surface area (Å²) in [6.45, 7) is 5.13. The van der Waals surface area contributed by atoms with E-state index < -0.39 is 0 Å². The number of rotatable bonds is 9. The van der Waals surface area contributed by atoms with Crippen LogP contribution >= 0.6 is 0 Å². The number of hydrogen-bond donors (Lipinski definition) is 1. The molecule has 1 N–H and O–H groups in total. The number of carbonyl (C=O) groups excluding carboxylic acids is 1. The number of carbonyl (C=O) groups is 1. The summed E-state index contributed by atoms with van der Waals surface area (Å²) in [6.07, 6.45) is 11.2. The van der Waals surface area contributed by atoms with Gasteiger partial charge in [-0.1, -0.05) is 56.0 Å². The maximum Gasteiger partial charge on any atom is 0.229 e. The summed E-state index contributed by atoms with van der Waals surface area (Å²) >= 11 is 0. The van der Waals surface area contributed by atoms with E-state index in [2.05, 4.69) is 39.0 Å². The number of hydrogen-bond acceptors (Lipinski definition) is 7. The Hall–Kier alpha value is -3.20. The van der Waals surface area contributed by atoms with E-state index in [1.54, 1.807) is 0 Å². The predicted molar refractivity (Wildman–Crippen MR) is 148 cm³/mol. The predicted octanol–water partition coefficient (Wildman–Crippen LogP) is 4.08. The fourth-order valence-corrected chi connectivity index (χ4v) is 6.05. The van der Waals surface area contributed by atoms with Crippen LogP contribution in [-0.2, 0) is 16.1 Å². The van der Waals surface area contributed by atoms with Gasteiger partial charge in [0.25, 0.3) is 0 Å². The van der Waals surface area contributed by atoms with Gasteiger partial charge in [-0.05, 0) is 30.7 Å². The number of nitrogens with one attached hydrogen (secondary N) is 1. The normalized spacial score (nSPS) is 20.5. The summed E-state index contributed by atoms with van der Waals surface area (Å²) < 4.78 is 7.92. The zero-order valence-electron chi connectivity index (χ0n) is 22.2. The van der Waals surface area contributed by atoms with Crippen LogP contribution in [0.25, 0.3) is 11.2 Å². The fourth-order valence-electron chi connectivity index (χ4n) is 6.05. The molecule has 3 fully saturated rings. The van der Waals surface area contributed by atoms with E-state index in [-0.39, 0.29) is 6.10 Å². The van der Waals surface area contributed by atoms with Crippen molar-refractivity contribution in [2.45, 2.75) is 64.0 Å². The van der Waals surface area contributed by atoms with Crippen LogP contribution in [0.5, 0.6) is 0 Å². The van der Waals surface area contributed by atoms with Gasteiger partial charge in [-0.2, -0.15) is 9.97 Å². The first-order valence-corrected chi connectivity index (χ1v) is 14.4. The molecule has 9 nitrogen and oxygen atoms in total. The van der Waals surface area contributed by atoms with Gasteiger partial charge in [-0.3, -0.25) is 4.79 Å². The number of nitrogens with zero attached hydrogens (tertiary/aromatic N) is 6. The second kappa shape index (κ2) is 11.7.